The van der Waals surface area contributed by atoms with Crippen molar-refractivity contribution in [2.45, 2.75) is 59.1 Å². The van der Waals surface area contributed by atoms with Gasteiger partial charge < -0.3 is 14.6 Å². The van der Waals surface area contributed by atoms with Crippen molar-refractivity contribution in [3.8, 4) is 11.1 Å². The van der Waals surface area contributed by atoms with E-state index in [1.54, 1.807) is 0 Å². The fourth-order valence-electron chi connectivity index (χ4n) is 4.26. The Hall–Kier alpha value is -3.93. The average molecular weight is 484 g/mol. The van der Waals surface area contributed by atoms with Crippen molar-refractivity contribution in [2.75, 3.05) is 5.32 Å². The second kappa shape index (κ2) is 10.8. The maximum Gasteiger partial charge on any atom is 0.339 e. The summed E-state index contributed by atoms with van der Waals surface area (Å²) in [4.78, 5) is 28.5. The predicted octanol–water partition coefficient (Wildman–Crippen LogP) is 6.62. The van der Waals surface area contributed by atoms with Crippen molar-refractivity contribution in [1.82, 2.24) is 9.55 Å². The number of ether oxygens (including phenoxy) is 1. The van der Waals surface area contributed by atoms with E-state index in [0.29, 0.717) is 18.5 Å². The number of imidazole rings is 1. The number of rotatable bonds is 9. The van der Waals surface area contributed by atoms with Crippen LogP contribution in [0.4, 0.5) is 5.69 Å². The zero-order valence-electron chi connectivity index (χ0n) is 21.4. The number of fused-ring (bicyclic) bond motifs is 1. The molecular weight excluding hydrogens is 450 g/mol. The van der Waals surface area contributed by atoms with Crippen molar-refractivity contribution in [1.29, 1.82) is 0 Å². The van der Waals surface area contributed by atoms with E-state index >= 15 is 0 Å². The van der Waals surface area contributed by atoms with Gasteiger partial charge in [-0.15, -0.1) is 0 Å². The van der Waals surface area contributed by atoms with Crippen molar-refractivity contribution in [3.05, 3.63) is 83.7 Å². The van der Waals surface area contributed by atoms with Gasteiger partial charge in [0.15, 0.2) is 0 Å². The highest BCUT2D eigenvalue weighted by molar-refractivity contribution is 5.97. The second-order valence-corrected chi connectivity index (χ2v) is 9.93. The average Bonchev–Trinajstić information content (AvgIpc) is 3.18. The first-order valence-electron chi connectivity index (χ1n) is 12.4. The van der Waals surface area contributed by atoms with E-state index in [1.807, 2.05) is 63.2 Å². The van der Waals surface area contributed by atoms with E-state index in [9.17, 15) is 9.59 Å². The Balaban J connectivity index is 1.63. The molecule has 0 radical (unpaired) electrons. The Kier molecular flexibility index (Phi) is 7.53. The van der Waals surface area contributed by atoms with Crippen LogP contribution in [-0.2, 0) is 22.5 Å². The smallest absolute Gasteiger partial charge is 0.339 e. The number of aryl methyl sites for hydroxylation is 1. The third-order valence-corrected chi connectivity index (χ3v) is 5.96. The molecule has 1 amide bonds. The molecule has 1 heterocycles. The van der Waals surface area contributed by atoms with Crippen LogP contribution < -0.4 is 5.32 Å². The lowest BCUT2D eigenvalue weighted by Gasteiger charge is -2.20. The topological polar surface area (TPSA) is 73.2 Å². The summed E-state index contributed by atoms with van der Waals surface area (Å²) in [7, 11) is 0. The van der Waals surface area contributed by atoms with E-state index in [1.165, 1.54) is 0 Å². The molecule has 36 heavy (non-hydrogen) atoms. The number of amides is 1. The van der Waals surface area contributed by atoms with Crippen LogP contribution in [0, 0.1) is 0 Å². The van der Waals surface area contributed by atoms with E-state index in [-0.39, 0.29) is 5.97 Å². The van der Waals surface area contributed by atoms with Crippen LogP contribution in [0.2, 0.25) is 0 Å². The van der Waals surface area contributed by atoms with Crippen LogP contribution >= 0.6 is 0 Å². The van der Waals surface area contributed by atoms with Gasteiger partial charge in [0.2, 0.25) is 6.41 Å². The number of hydrogen-bond acceptors (Lipinski definition) is 4. The number of benzene rings is 3. The number of unbranched alkanes of at least 4 members (excludes halogenated alkanes) is 1. The largest absolute Gasteiger partial charge is 0.456 e. The van der Waals surface area contributed by atoms with E-state index in [2.05, 4.69) is 41.1 Å². The molecule has 0 aliphatic carbocycles. The molecule has 0 fully saturated rings. The minimum atomic E-state index is -0.554. The highest BCUT2D eigenvalue weighted by Crippen LogP contribution is 2.27. The summed E-state index contributed by atoms with van der Waals surface area (Å²) in [6, 6.07) is 21.7. The molecule has 6 nitrogen and oxygen atoms in total. The quantitative estimate of drug-likeness (QED) is 0.215. The maximum absolute atomic E-state index is 12.8. The number of carbonyl (C=O) groups excluding carboxylic acids is 2. The molecule has 0 atom stereocenters. The third-order valence-electron chi connectivity index (χ3n) is 5.96. The van der Waals surface area contributed by atoms with Crippen LogP contribution in [0.1, 0.15) is 62.3 Å². The Morgan fingerprint density at radius 3 is 2.50 bits per heavy atom. The zero-order chi connectivity index (χ0) is 25.7. The molecule has 3 aromatic carbocycles. The lowest BCUT2D eigenvalue weighted by molar-refractivity contribution is -0.105. The number of carbonyl (C=O) groups is 2. The van der Waals surface area contributed by atoms with E-state index < -0.39 is 5.60 Å². The highest BCUT2D eigenvalue weighted by atomic mass is 16.6. The third kappa shape index (κ3) is 5.82. The lowest BCUT2D eigenvalue weighted by atomic mass is 9.98. The number of hydrogen-bond donors (Lipinski definition) is 1. The molecule has 0 aliphatic rings. The Morgan fingerprint density at radius 1 is 1.06 bits per heavy atom. The number of aromatic nitrogens is 2. The van der Waals surface area contributed by atoms with Crippen LogP contribution in [-0.4, -0.2) is 27.5 Å². The highest BCUT2D eigenvalue weighted by Gasteiger charge is 2.20. The van der Waals surface area contributed by atoms with Gasteiger partial charge in [-0.1, -0.05) is 55.8 Å². The van der Waals surface area contributed by atoms with Gasteiger partial charge in [-0.25, -0.2) is 9.78 Å². The van der Waals surface area contributed by atoms with Gasteiger partial charge in [-0.3, -0.25) is 4.79 Å². The molecular formula is C30H33N3O3. The summed E-state index contributed by atoms with van der Waals surface area (Å²) < 4.78 is 7.87. The maximum atomic E-state index is 12.8. The van der Waals surface area contributed by atoms with Crippen LogP contribution in [0.15, 0.2) is 66.7 Å². The summed E-state index contributed by atoms with van der Waals surface area (Å²) in [5.41, 5.74) is 5.60. The first-order valence-corrected chi connectivity index (χ1v) is 12.4. The van der Waals surface area contributed by atoms with Crippen LogP contribution in [0.5, 0.6) is 0 Å². The molecule has 0 aliphatic heterocycles. The first-order chi connectivity index (χ1) is 17.3. The minimum Gasteiger partial charge on any atom is -0.456 e. The number of esters is 1. The summed E-state index contributed by atoms with van der Waals surface area (Å²) in [6.07, 6.45) is 3.72. The van der Waals surface area contributed by atoms with Gasteiger partial charge >= 0.3 is 5.97 Å². The van der Waals surface area contributed by atoms with Gasteiger partial charge in [0.25, 0.3) is 0 Å². The van der Waals surface area contributed by atoms with Gasteiger partial charge in [0, 0.05) is 18.7 Å². The summed E-state index contributed by atoms with van der Waals surface area (Å²) in [5, 5.41) is 2.71. The molecule has 0 spiro atoms. The minimum absolute atomic E-state index is 0.323. The Bertz CT molecular complexity index is 1360. The number of nitrogens with zero attached hydrogens (tertiary/aromatic N) is 2. The summed E-state index contributed by atoms with van der Waals surface area (Å²) >= 11 is 0. The summed E-state index contributed by atoms with van der Waals surface area (Å²) in [6.45, 7) is 8.47. The monoisotopic (exact) mass is 483 g/mol. The second-order valence-electron chi connectivity index (χ2n) is 9.93. The molecule has 0 unspecified atom stereocenters. The molecule has 186 valence electrons. The van der Waals surface area contributed by atoms with Crippen LogP contribution in [0.3, 0.4) is 0 Å². The molecule has 6 heteroatoms. The normalized spacial score (nSPS) is 11.4. The first kappa shape index (κ1) is 25.2. The molecule has 4 aromatic rings. The summed E-state index contributed by atoms with van der Waals surface area (Å²) in [5.74, 6) is 0.713. The van der Waals surface area contributed by atoms with Crippen molar-refractivity contribution in [2.24, 2.45) is 0 Å². The zero-order valence-corrected chi connectivity index (χ0v) is 21.4. The number of nitrogens with one attached hydrogen (secondary N) is 1. The fraction of sp³-hybridized carbons (Fsp3) is 0.300. The SMILES string of the molecule is CCCCc1nc2cc(NC=O)ccc2n1Cc1ccc(-c2ccccc2C(=O)OC(C)(C)C)cc1. The van der Waals surface area contributed by atoms with Gasteiger partial charge in [-0.05, 0) is 68.1 Å². The van der Waals surface area contributed by atoms with Gasteiger partial charge in [0.1, 0.15) is 11.4 Å². The molecule has 4 rings (SSSR count). The Labute approximate surface area is 212 Å². The van der Waals surface area contributed by atoms with E-state index in [0.717, 1.165) is 58.5 Å². The lowest BCUT2D eigenvalue weighted by Crippen LogP contribution is -2.24. The molecule has 0 saturated carbocycles. The fourth-order valence-corrected chi connectivity index (χ4v) is 4.26. The van der Waals surface area contributed by atoms with E-state index in [4.69, 9.17) is 9.72 Å². The van der Waals surface area contributed by atoms with Gasteiger partial charge in [0.05, 0.1) is 16.6 Å². The standard InChI is InChI=1S/C30H33N3O3/c1-5-6-11-28-32-26-18-23(31-20-34)16-17-27(26)33(28)19-21-12-14-22(15-13-21)24-9-7-8-10-25(24)29(35)36-30(2,3)4/h7-10,12-18,20H,5-6,11,19H2,1-4H3,(H,31,34). The molecule has 1 N–H and O–H groups in total. The van der Waals surface area contributed by atoms with Crippen molar-refractivity contribution < 1.29 is 14.3 Å². The van der Waals surface area contributed by atoms with Gasteiger partial charge in [-0.2, -0.15) is 0 Å². The molecule has 1 aromatic heterocycles. The molecule has 0 saturated heterocycles. The predicted molar refractivity (Wildman–Crippen MR) is 144 cm³/mol. The van der Waals surface area contributed by atoms with Crippen molar-refractivity contribution >= 4 is 29.1 Å². The molecule has 0 bridgehead atoms. The Morgan fingerprint density at radius 2 is 1.81 bits per heavy atom. The van der Waals surface area contributed by atoms with Crippen LogP contribution in [0.25, 0.3) is 22.2 Å². The number of anilines is 1. The van der Waals surface area contributed by atoms with Crippen molar-refractivity contribution in [3.63, 3.8) is 0 Å².